The number of hydrogen-bond donors (Lipinski definition) is 3. The molecule has 0 aliphatic rings. The Bertz CT molecular complexity index is 587. The number of hydrogen-bond acceptors (Lipinski definition) is 6. The van der Waals surface area contributed by atoms with Gasteiger partial charge in [-0.25, -0.2) is 0 Å². The Morgan fingerprint density at radius 3 is 2.47 bits per heavy atom. The minimum atomic E-state index is -0.375. The maximum atomic E-state index is 9.45. The van der Waals surface area contributed by atoms with Crippen LogP contribution in [0, 0.1) is 5.41 Å². The number of aromatic hydroxyl groups is 2. The predicted octanol–water partition coefficient (Wildman–Crippen LogP) is 2.19. The molecule has 1 aromatic carbocycles. The quantitative estimate of drug-likeness (QED) is 0.717. The lowest BCUT2D eigenvalue weighted by Gasteiger charge is -2.23. The molecule has 6 heteroatoms. The van der Waals surface area contributed by atoms with E-state index in [1.165, 1.54) is 12.1 Å². The van der Waals surface area contributed by atoms with Crippen LogP contribution >= 0.6 is 0 Å². The molecule has 0 saturated carbocycles. The standard InChI is InChI=1S/C13H17N3O3/c1-13(2,3)10(14)12-15-11(16-19-12)7-4-5-8(17)9(18)6-7/h4-6,10,17-18H,14H2,1-3H3/t10-/m0/s1. The average molecular weight is 263 g/mol. The lowest BCUT2D eigenvalue weighted by atomic mass is 9.87. The van der Waals surface area contributed by atoms with Crippen molar-refractivity contribution in [1.29, 1.82) is 0 Å². The minimum absolute atomic E-state index is 0.194. The van der Waals surface area contributed by atoms with Crippen LogP contribution in [0.1, 0.15) is 32.7 Å². The zero-order valence-electron chi connectivity index (χ0n) is 11.1. The molecule has 4 N–H and O–H groups in total. The normalized spacial score (nSPS) is 13.5. The summed E-state index contributed by atoms with van der Waals surface area (Å²) < 4.78 is 5.15. The van der Waals surface area contributed by atoms with Crippen LogP contribution in [-0.4, -0.2) is 20.4 Å². The van der Waals surface area contributed by atoms with E-state index in [9.17, 15) is 10.2 Å². The van der Waals surface area contributed by atoms with Gasteiger partial charge >= 0.3 is 0 Å². The molecule has 6 nitrogen and oxygen atoms in total. The van der Waals surface area contributed by atoms with Crippen LogP contribution in [0.2, 0.25) is 0 Å². The fourth-order valence-electron chi connectivity index (χ4n) is 1.51. The fraction of sp³-hybridized carbons (Fsp3) is 0.385. The van der Waals surface area contributed by atoms with Crippen molar-refractivity contribution in [1.82, 2.24) is 10.1 Å². The van der Waals surface area contributed by atoms with Gasteiger partial charge in [0, 0.05) is 5.56 Å². The lowest BCUT2D eigenvalue weighted by molar-refractivity contribution is 0.253. The number of phenolic OH excluding ortho intramolecular Hbond substituents is 2. The maximum Gasteiger partial charge on any atom is 0.244 e. The van der Waals surface area contributed by atoms with Crippen LogP contribution in [0.3, 0.4) is 0 Å². The van der Waals surface area contributed by atoms with Gasteiger partial charge in [0.05, 0.1) is 6.04 Å². The SMILES string of the molecule is CC(C)(C)[C@@H](N)c1nc(-c2ccc(O)c(O)c2)no1. The molecule has 0 unspecified atom stereocenters. The van der Waals surface area contributed by atoms with Crippen LogP contribution in [-0.2, 0) is 0 Å². The van der Waals surface area contributed by atoms with Crippen molar-refractivity contribution in [2.75, 3.05) is 0 Å². The summed E-state index contributed by atoms with van der Waals surface area (Å²) in [5.41, 5.74) is 6.39. The summed E-state index contributed by atoms with van der Waals surface area (Å²) in [6.07, 6.45) is 0. The van der Waals surface area contributed by atoms with Gasteiger partial charge in [-0.15, -0.1) is 0 Å². The average Bonchev–Trinajstić information content (AvgIpc) is 2.79. The van der Waals surface area contributed by atoms with E-state index in [0.717, 1.165) is 0 Å². The number of phenols is 2. The molecule has 2 rings (SSSR count). The Kier molecular flexibility index (Phi) is 3.20. The summed E-state index contributed by atoms with van der Waals surface area (Å²) >= 11 is 0. The van der Waals surface area contributed by atoms with E-state index in [0.29, 0.717) is 17.3 Å². The summed E-state index contributed by atoms with van der Waals surface area (Å²) in [6.45, 7) is 5.94. The van der Waals surface area contributed by atoms with Crippen LogP contribution in [0.25, 0.3) is 11.4 Å². The van der Waals surface area contributed by atoms with E-state index in [1.54, 1.807) is 6.07 Å². The molecule has 0 radical (unpaired) electrons. The van der Waals surface area contributed by atoms with E-state index in [4.69, 9.17) is 10.3 Å². The highest BCUT2D eigenvalue weighted by atomic mass is 16.5. The van der Waals surface area contributed by atoms with Gasteiger partial charge in [0.15, 0.2) is 11.5 Å². The van der Waals surface area contributed by atoms with Crippen molar-refractivity contribution in [2.45, 2.75) is 26.8 Å². The van der Waals surface area contributed by atoms with Crippen molar-refractivity contribution in [3.63, 3.8) is 0 Å². The molecule has 2 aromatic rings. The van der Waals surface area contributed by atoms with E-state index in [1.807, 2.05) is 20.8 Å². The number of rotatable bonds is 2. The van der Waals surface area contributed by atoms with Crippen molar-refractivity contribution in [3.05, 3.63) is 24.1 Å². The first-order chi connectivity index (χ1) is 8.79. The molecule has 1 atom stereocenters. The zero-order chi connectivity index (χ0) is 14.2. The van der Waals surface area contributed by atoms with E-state index in [-0.39, 0.29) is 23.0 Å². The number of benzene rings is 1. The van der Waals surface area contributed by atoms with Crippen LogP contribution in [0.4, 0.5) is 0 Å². The van der Waals surface area contributed by atoms with Gasteiger partial charge in [0.25, 0.3) is 0 Å². The van der Waals surface area contributed by atoms with E-state index in [2.05, 4.69) is 10.1 Å². The molecule has 0 bridgehead atoms. The van der Waals surface area contributed by atoms with Crippen molar-refractivity contribution in [2.24, 2.45) is 11.1 Å². The molecular weight excluding hydrogens is 246 g/mol. The first-order valence-corrected chi connectivity index (χ1v) is 5.90. The second kappa shape index (κ2) is 4.55. The van der Waals surface area contributed by atoms with E-state index < -0.39 is 0 Å². The summed E-state index contributed by atoms with van der Waals surface area (Å²) in [4.78, 5) is 4.22. The number of aromatic nitrogens is 2. The van der Waals surface area contributed by atoms with Crippen molar-refractivity contribution < 1.29 is 14.7 Å². The molecular formula is C13H17N3O3. The number of nitrogens with two attached hydrogens (primary N) is 1. The Balaban J connectivity index is 2.33. The first-order valence-electron chi connectivity index (χ1n) is 5.90. The zero-order valence-corrected chi connectivity index (χ0v) is 11.1. The van der Waals surface area contributed by atoms with Gasteiger partial charge in [-0.05, 0) is 23.6 Å². The van der Waals surface area contributed by atoms with Crippen molar-refractivity contribution in [3.8, 4) is 22.9 Å². The maximum absolute atomic E-state index is 9.45. The van der Waals surface area contributed by atoms with Crippen LogP contribution < -0.4 is 5.73 Å². The number of nitrogens with zero attached hydrogens (tertiary/aromatic N) is 2. The highest BCUT2D eigenvalue weighted by molar-refractivity contribution is 5.59. The third-order valence-electron chi connectivity index (χ3n) is 2.87. The van der Waals surface area contributed by atoms with Gasteiger partial charge in [0.2, 0.25) is 11.7 Å². The predicted molar refractivity (Wildman–Crippen MR) is 69.4 cm³/mol. The molecule has 1 heterocycles. The van der Waals surface area contributed by atoms with Gasteiger partial charge in [-0.2, -0.15) is 4.98 Å². The largest absolute Gasteiger partial charge is 0.504 e. The Morgan fingerprint density at radius 2 is 1.89 bits per heavy atom. The first kappa shape index (κ1) is 13.4. The third kappa shape index (κ3) is 2.68. The van der Waals surface area contributed by atoms with Gasteiger partial charge in [-0.1, -0.05) is 25.9 Å². The molecule has 0 aliphatic carbocycles. The topological polar surface area (TPSA) is 105 Å². The molecule has 0 amide bonds. The summed E-state index contributed by atoms with van der Waals surface area (Å²) in [5, 5.41) is 22.5. The molecule has 0 aliphatic heterocycles. The Morgan fingerprint density at radius 1 is 1.21 bits per heavy atom. The fourth-order valence-corrected chi connectivity index (χ4v) is 1.51. The van der Waals surface area contributed by atoms with Crippen LogP contribution in [0.5, 0.6) is 11.5 Å². The molecule has 102 valence electrons. The summed E-state index contributed by atoms with van der Waals surface area (Å²) in [7, 11) is 0. The Hall–Kier alpha value is -2.08. The molecule has 19 heavy (non-hydrogen) atoms. The highest BCUT2D eigenvalue weighted by Crippen LogP contribution is 2.32. The lowest BCUT2D eigenvalue weighted by Crippen LogP contribution is -2.26. The third-order valence-corrected chi connectivity index (χ3v) is 2.87. The molecule has 0 fully saturated rings. The van der Waals surface area contributed by atoms with E-state index >= 15 is 0 Å². The Labute approximate surface area is 110 Å². The second-order valence-corrected chi connectivity index (χ2v) is 5.50. The summed E-state index contributed by atoms with van der Waals surface area (Å²) in [6, 6.07) is 3.95. The van der Waals surface area contributed by atoms with Crippen LogP contribution in [0.15, 0.2) is 22.7 Å². The van der Waals surface area contributed by atoms with Gasteiger partial charge in [-0.3, -0.25) is 0 Å². The highest BCUT2D eigenvalue weighted by Gasteiger charge is 2.27. The molecule has 0 spiro atoms. The molecule has 1 aromatic heterocycles. The second-order valence-electron chi connectivity index (χ2n) is 5.50. The minimum Gasteiger partial charge on any atom is -0.504 e. The smallest absolute Gasteiger partial charge is 0.244 e. The van der Waals surface area contributed by atoms with Crippen molar-refractivity contribution >= 4 is 0 Å². The summed E-state index contributed by atoms with van der Waals surface area (Å²) in [5.74, 6) is 0.239. The monoisotopic (exact) mass is 263 g/mol. The van der Waals surface area contributed by atoms with Gasteiger partial charge in [0.1, 0.15) is 0 Å². The molecule has 0 saturated heterocycles. The van der Waals surface area contributed by atoms with Gasteiger partial charge < -0.3 is 20.5 Å².